The largest absolute Gasteiger partial charge is 0.454 e. The second-order valence-electron chi connectivity index (χ2n) is 8.04. The number of halogens is 8. The topological polar surface area (TPSA) is 95.1 Å². The summed E-state index contributed by atoms with van der Waals surface area (Å²) in [7, 11) is 0. The fourth-order valence-electron chi connectivity index (χ4n) is 3.37. The average Bonchev–Trinajstić information content (AvgIpc) is 3.53. The molecule has 0 saturated carbocycles. The number of carbonyl (C=O) groups excluding carboxylic acids is 2. The zero-order chi connectivity index (χ0) is 27.9. The van der Waals surface area contributed by atoms with Gasteiger partial charge in [0.2, 0.25) is 13.6 Å². The summed E-state index contributed by atoms with van der Waals surface area (Å²) in [5, 5.41) is 2.58. The number of benzene rings is 2. The summed E-state index contributed by atoms with van der Waals surface area (Å²) in [4.78, 5) is 23.5. The van der Waals surface area contributed by atoms with Crippen molar-refractivity contribution < 1.29 is 63.7 Å². The van der Waals surface area contributed by atoms with Crippen molar-refractivity contribution in [3.05, 3.63) is 47.5 Å². The molecule has 2 aromatic carbocycles. The zero-order valence-electron chi connectivity index (χ0n) is 18.8. The van der Waals surface area contributed by atoms with Gasteiger partial charge in [-0.15, -0.1) is 0 Å². The summed E-state index contributed by atoms with van der Waals surface area (Å²) in [6.45, 7) is -2.08. The highest BCUT2D eigenvalue weighted by atomic mass is 19.4. The Kier molecular flexibility index (Phi) is 6.69. The summed E-state index contributed by atoms with van der Waals surface area (Å²) in [6, 6.07) is 7.41. The highest BCUT2D eigenvalue weighted by molar-refractivity contribution is 5.87. The molecule has 0 aliphatic carbocycles. The standard InChI is InChI=1S/C22H16F8N2O6/c23-19(24,17(33)31-7-11-1-3-13-15(5-11)37-9-35-13)21(27,28)22(29,30)20(25,26)18(34)32-8-12-2-4-14-16(6-12)38-10-36-14/h1-6H,7-10H2,(H,31,33)(H,32,34). The van der Waals surface area contributed by atoms with Gasteiger partial charge in [0.25, 0.3) is 11.8 Å². The maximum Gasteiger partial charge on any atom is 0.392 e. The molecule has 0 atom stereocenters. The highest BCUT2D eigenvalue weighted by Gasteiger charge is 2.84. The molecule has 0 spiro atoms. The lowest BCUT2D eigenvalue weighted by Gasteiger charge is -2.35. The quantitative estimate of drug-likeness (QED) is 0.459. The normalized spacial score (nSPS) is 14.8. The molecule has 0 aromatic heterocycles. The summed E-state index contributed by atoms with van der Waals surface area (Å²) >= 11 is 0. The van der Waals surface area contributed by atoms with Gasteiger partial charge in [0.1, 0.15) is 0 Å². The third kappa shape index (κ3) is 4.47. The number of ether oxygens (including phenoxy) is 4. The van der Waals surface area contributed by atoms with Crippen molar-refractivity contribution in [1.29, 1.82) is 0 Å². The molecule has 0 bridgehead atoms. The van der Waals surface area contributed by atoms with E-state index in [1.165, 1.54) is 47.0 Å². The van der Waals surface area contributed by atoms with E-state index in [2.05, 4.69) is 0 Å². The number of amides is 2. The van der Waals surface area contributed by atoms with Gasteiger partial charge in [-0.1, -0.05) is 12.1 Å². The van der Waals surface area contributed by atoms with Crippen LogP contribution in [-0.4, -0.2) is 49.1 Å². The van der Waals surface area contributed by atoms with Crippen LogP contribution in [0.25, 0.3) is 0 Å². The van der Waals surface area contributed by atoms with E-state index in [0.29, 0.717) is 0 Å². The second kappa shape index (κ2) is 9.40. The molecule has 0 fully saturated rings. The molecule has 8 nitrogen and oxygen atoms in total. The van der Waals surface area contributed by atoms with Gasteiger partial charge in [-0.3, -0.25) is 9.59 Å². The average molecular weight is 556 g/mol. The first-order chi connectivity index (χ1) is 17.7. The number of nitrogens with one attached hydrogen (secondary N) is 2. The van der Waals surface area contributed by atoms with Crippen molar-refractivity contribution >= 4 is 11.8 Å². The Morgan fingerprint density at radius 3 is 1.32 bits per heavy atom. The smallest absolute Gasteiger partial charge is 0.392 e. The van der Waals surface area contributed by atoms with Crippen LogP contribution >= 0.6 is 0 Å². The van der Waals surface area contributed by atoms with Crippen LogP contribution in [0.1, 0.15) is 11.1 Å². The molecule has 0 saturated heterocycles. The zero-order valence-corrected chi connectivity index (χ0v) is 18.8. The number of hydrogen-bond donors (Lipinski definition) is 2. The summed E-state index contributed by atoms with van der Waals surface area (Å²) in [5.74, 6) is -31.9. The highest BCUT2D eigenvalue weighted by Crippen LogP contribution is 2.52. The Morgan fingerprint density at radius 2 is 0.947 bits per heavy atom. The Bertz CT molecular complexity index is 1160. The first-order valence-corrected chi connectivity index (χ1v) is 10.5. The predicted molar refractivity (Wildman–Crippen MR) is 109 cm³/mol. The minimum absolute atomic E-state index is 0.0155. The van der Waals surface area contributed by atoms with Crippen molar-refractivity contribution in [2.45, 2.75) is 36.8 Å². The van der Waals surface area contributed by atoms with Crippen LogP contribution in [0.3, 0.4) is 0 Å². The first kappa shape index (κ1) is 27.1. The van der Waals surface area contributed by atoms with Gasteiger partial charge >= 0.3 is 23.7 Å². The van der Waals surface area contributed by atoms with Gasteiger partial charge < -0.3 is 29.6 Å². The van der Waals surface area contributed by atoms with E-state index in [0.717, 1.165) is 0 Å². The minimum Gasteiger partial charge on any atom is -0.454 e. The molecule has 2 aliphatic heterocycles. The van der Waals surface area contributed by atoms with Crippen LogP contribution in [0.5, 0.6) is 23.0 Å². The first-order valence-electron chi connectivity index (χ1n) is 10.5. The van der Waals surface area contributed by atoms with Crippen LogP contribution in [0.2, 0.25) is 0 Å². The molecule has 2 aromatic rings. The molecule has 2 aliphatic rings. The van der Waals surface area contributed by atoms with Gasteiger partial charge in [-0.2, -0.15) is 35.1 Å². The SMILES string of the molecule is O=C(NCc1ccc2c(c1)OCO2)C(F)(F)C(F)(F)C(F)(F)C(F)(F)C(=O)NCc1ccc2c(c1)OCO2. The number of alkyl halides is 8. The lowest BCUT2D eigenvalue weighted by Crippen LogP contribution is -2.68. The molecule has 38 heavy (non-hydrogen) atoms. The fourth-order valence-corrected chi connectivity index (χ4v) is 3.37. The summed E-state index contributed by atoms with van der Waals surface area (Å²) < 4.78 is 134. The van der Waals surface area contributed by atoms with Gasteiger partial charge in [-0.05, 0) is 35.4 Å². The lowest BCUT2D eigenvalue weighted by atomic mass is 9.97. The summed E-state index contributed by atoms with van der Waals surface area (Å²) in [6.07, 6.45) is 0. The van der Waals surface area contributed by atoms with E-state index in [4.69, 9.17) is 18.9 Å². The molecule has 2 N–H and O–H groups in total. The number of hydrogen-bond acceptors (Lipinski definition) is 6. The van der Waals surface area contributed by atoms with Gasteiger partial charge in [0.15, 0.2) is 23.0 Å². The van der Waals surface area contributed by atoms with E-state index < -0.39 is 48.6 Å². The molecular formula is C22H16F8N2O6. The molecule has 2 heterocycles. The van der Waals surface area contributed by atoms with Crippen LogP contribution in [0.4, 0.5) is 35.1 Å². The van der Waals surface area contributed by atoms with E-state index in [1.54, 1.807) is 0 Å². The van der Waals surface area contributed by atoms with Crippen LogP contribution in [0.15, 0.2) is 36.4 Å². The predicted octanol–water partition coefficient (Wildman–Crippen LogP) is 3.62. The van der Waals surface area contributed by atoms with Crippen molar-refractivity contribution in [2.24, 2.45) is 0 Å². The van der Waals surface area contributed by atoms with E-state index in [9.17, 15) is 44.7 Å². The molecule has 206 valence electrons. The van der Waals surface area contributed by atoms with Gasteiger partial charge in [-0.25, -0.2) is 0 Å². The Labute approximate surface area is 207 Å². The molecule has 0 unspecified atom stereocenters. The second-order valence-corrected chi connectivity index (χ2v) is 8.04. The van der Waals surface area contributed by atoms with Crippen molar-refractivity contribution in [1.82, 2.24) is 10.6 Å². The van der Waals surface area contributed by atoms with E-state index in [-0.39, 0.29) is 47.7 Å². The van der Waals surface area contributed by atoms with Crippen LogP contribution in [-0.2, 0) is 22.7 Å². The molecular weight excluding hydrogens is 540 g/mol. The Balaban J connectivity index is 1.43. The molecule has 0 radical (unpaired) electrons. The van der Waals surface area contributed by atoms with Crippen molar-refractivity contribution in [3.8, 4) is 23.0 Å². The van der Waals surface area contributed by atoms with Crippen LogP contribution in [0, 0.1) is 0 Å². The Hall–Kier alpha value is -3.98. The summed E-state index contributed by atoms with van der Waals surface area (Å²) in [5.41, 5.74) is 0.0309. The van der Waals surface area contributed by atoms with Gasteiger partial charge in [0, 0.05) is 13.1 Å². The fraction of sp³-hybridized carbons (Fsp3) is 0.364. The van der Waals surface area contributed by atoms with Crippen molar-refractivity contribution in [2.75, 3.05) is 13.6 Å². The maximum atomic E-state index is 14.2. The maximum absolute atomic E-state index is 14.2. The third-order valence-electron chi connectivity index (χ3n) is 5.53. The van der Waals surface area contributed by atoms with E-state index in [1.807, 2.05) is 0 Å². The number of rotatable bonds is 9. The molecule has 16 heteroatoms. The number of fused-ring (bicyclic) bond motifs is 2. The van der Waals surface area contributed by atoms with E-state index >= 15 is 0 Å². The minimum atomic E-state index is -6.99. The lowest BCUT2D eigenvalue weighted by molar-refractivity contribution is -0.347. The Morgan fingerprint density at radius 1 is 0.605 bits per heavy atom. The monoisotopic (exact) mass is 556 g/mol. The van der Waals surface area contributed by atoms with Crippen molar-refractivity contribution in [3.63, 3.8) is 0 Å². The number of carbonyl (C=O) groups is 2. The van der Waals surface area contributed by atoms with Crippen LogP contribution < -0.4 is 29.6 Å². The third-order valence-corrected chi connectivity index (χ3v) is 5.53. The molecule has 2 amide bonds. The molecule has 4 rings (SSSR count). The van der Waals surface area contributed by atoms with Gasteiger partial charge in [0.05, 0.1) is 0 Å².